The molecule has 2 aromatic rings. The van der Waals surface area contributed by atoms with Crippen molar-refractivity contribution in [2.75, 3.05) is 43.6 Å². The second-order valence-corrected chi connectivity index (χ2v) is 6.27. The maximum absolute atomic E-state index is 12.7. The Hall–Kier alpha value is -2.84. The molecule has 9 heteroatoms. The predicted octanol–water partition coefficient (Wildman–Crippen LogP) is 3.35. The van der Waals surface area contributed by atoms with E-state index in [1.165, 1.54) is 19.2 Å². The fourth-order valence-corrected chi connectivity index (χ4v) is 3.00. The number of carbonyl (C=O) groups excluding carboxylic acids is 1. The number of halogens is 1. The summed E-state index contributed by atoms with van der Waals surface area (Å²) in [6, 6.07) is 9.33. The van der Waals surface area contributed by atoms with E-state index in [-0.39, 0.29) is 16.3 Å². The average molecular weight is 392 g/mol. The zero-order valence-corrected chi connectivity index (χ0v) is 15.4. The van der Waals surface area contributed by atoms with Gasteiger partial charge in [-0.05, 0) is 24.3 Å². The first-order valence-corrected chi connectivity index (χ1v) is 8.63. The number of hydrogen-bond donors (Lipinski definition) is 1. The lowest BCUT2D eigenvalue weighted by atomic mass is 10.1. The van der Waals surface area contributed by atoms with Crippen LogP contribution in [0.15, 0.2) is 36.4 Å². The first kappa shape index (κ1) is 18.9. The monoisotopic (exact) mass is 391 g/mol. The van der Waals surface area contributed by atoms with Crippen molar-refractivity contribution in [1.82, 2.24) is 0 Å². The maximum atomic E-state index is 12.7. The zero-order valence-electron chi connectivity index (χ0n) is 14.6. The van der Waals surface area contributed by atoms with Gasteiger partial charge in [-0.25, -0.2) is 0 Å². The highest BCUT2D eigenvalue weighted by Crippen LogP contribution is 2.32. The summed E-state index contributed by atoms with van der Waals surface area (Å²) in [7, 11) is 1.54. The molecular weight excluding hydrogens is 374 g/mol. The van der Waals surface area contributed by atoms with Crippen molar-refractivity contribution in [3.63, 3.8) is 0 Å². The molecule has 1 aliphatic heterocycles. The highest BCUT2D eigenvalue weighted by Gasteiger charge is 2.20. The van der Waals surface area contributed by atoms with Crippen LogP contribution in [0, 0.1) is 10.1 Å². The Morgan fingerprint density at radius 2 is 2.00 bits per heavy atom. The number of ether oxygens (including phenoxy) is 2. The van der Waals surface area contributed by atoms with E-state index in [2.05, 4.69) is 10.2 Å². The van der Waals surface area contributed by atoms with E-state index in [0.717, 1.165) is 11.8 Å². The first-order chi connectivity index (χ1) is 13.0. The number of methoxy groups -OCH3 is 1. The molecule has 0 unspecified atom stereocenters. The smallest absolute Gasteiger partial charge is 0.288 e. The van der Waals surface area contributed by atoms with Gasteiger partial charge in [-0.3, -0.25) is 14.9 Å². The summed E-state index contributed by atoms with van der Waals surface area (Å²) < 4.78 is 10.6. The number of hydrogen-bond acceptors (Lipinski definition) is 6. The molecule has 142 valence electrons. The summed E-state index contributed by atoms with van der Waals surface area (Å²) in [6.45, 7) is 2.59. The van der Waals surface area contributed by atoms with Crippen LogP contribution in [0.3, 0.4) is 0 Å². The fourth-order valence-electron chi connectivity index (χ4n) is 2.81. The quantitative estimate of drug-likeness (QED) is 0.620. The van der Waals surface area contributed by atoms with Gasteiger partial charge in [0, 0.05) is 30.8 Å². The molecule has 3 rings (SSSR count). The van der Waals surface area contributed by atoms with Crippen LogP contribution >= 0.6 is 11.6 Å². The summed E-state index contributed by atoms with van der Waals surface area (Å²) in [6.07, 6.45) is 0. The lowest BCUT2D eigenvalue weighted by Gasteiger charge is -2.30. The van der Waals surface area contributed by atoms with Crippen LogP contribution in [0.4, 0.5) is 17.1 Å². The number of morpholine rings is 1. The van der Waals surface area contributed by atoms with Crippen molar-refractivity contribution in [1.29, 1.82) is 0 Å². The lowest BCUT2D eigenvalue weighted by molar-refractivity contribution is -0.384. The Labute approximate surface area is 160 Å². The molecule has 0 atom stereocenters. The number of benzene rings is 2. The summed E-state index contributed by atoms with van der Waals surface area (Å²) in [5.74, 6) is 0.113. The molecule has 1 fully saturated rings. The van der Waals surface area contributed by atoms with E-state index in [1.807, 2.05) is 12.1 Å². The third kappa shape index (κ3) is 4.29. The van der Waals surface area contributed by atoms with Gasteiger partial charge in [-0.1, -0.05) is 11.6 Å². The molecule has 2 aromatic carbocycles. The first-order valence-electron chi connectivity index (χ1n) is 8.25. The normalized spacial score (nSPS) is 13.9. The molecule has 0 bridgehead atoms. The topological polar surface area (TPSA) is 93.9 Å². The molecule has 1 amide bonds. The standard InChI is InChI=1S/C18H18ClN3O5/c1-26-13-3-5-16(21-6-8-27-9-7-21)15(11-13)20-18(23)12-2-4-14(19)17(10-12)22(24)25/h2-5,10-11H,6-9H2,1H3,(H,20,23). The largest absolute Gasteiger partial charge is 0.497 e. The van der Waals surface area contributed by atoms with Crippen LogP contribution in [-0.4, -0.2) is 44.2 Å². The van der Waals surface area contributed by atoms with Gasteiger partial charge in [0.25, 0.3) is 11.6 Å². The van der Waals surface area contributed by atoms with Gasteiger partial charge in [0.05, 0.1) is 36.6 Å². The second kappa shape index (κ2) is 8.24. The van der Waals surface area contributed by atoms with Gasteiger partial charge in [-0.2, -0.15) is 0 Å². The number of nitro groups is 1. The second-order valence-electron chi connectivity index (χ2n) is 5.86. The molecular formula is C18H18ClN3O5. The average Bonchev–Trinajstić information content (AvgIpc) is 2.68. The number of anilines is 2. The van der Waals surface area contributed by atoms with Crippen molar-refractivity contribution in [3.05, 3.63) is 57.1 Å². The SMILES string of the molecule is COc1ccc(N2CCOCC2)c(NC(=O)c2ccc(Cl)c([N+](=O)[O-])c2)c1. The van der Waals surface area contributed by atoms with Gasteiger partial charge < -0.3 is 19.7 Å². The van der Waals surface area contributed by atoms with E-state index >= 15 is 0 Å². The van der Waals surface area contributed by atoms with E-state index in [9.17, 15) is 14.9 Å². The number of amides is 1. The Morgan fingerprint density at radius 3 is 2.67 bits per heavy atom. The van der Waals surface area contributed by atoms with Crippen LogP contribution in [0.25, 0.3) is 0 Å². The highest BCUT2D eigenvalue weighted by atomic mass is 35.5. The Bertz CT molecular complexity index is 868. The molecule has 0 aliphatic carbocycles. The minimum atomic E-state index is -0.621. The molecule has 1 N–H and O–H groups in total. The van der Waals surface area contributed by atoms with Crippen LogP contribution in [0.2, 0.25) is 5.02 Å². The number of nitrogens with zero attached hydrogens (tertiary/aromatic N) is 2. The number of nitrogens with one attached hydrogen (secondary N) is 1. The van der Waals surface area contributed by atoms with Crippen LogP contribution in [-0.2, 0) is 4.74 Å². The Morgan fingerprint density at radius 1 is 1.26 bits per heavy atom. The van der Waals surface area contributed by atoms with Crippen LogP contribution in [0.5, 0.6) is 5.75 Å². The third-order valence-corrected chi connectivity index (χ3v) is 4.53. The minimum absolute atomic E-state index is 0.0214. The minimum Gasteiger partial charge on any atom is -0.497 e. The molecule has 1 aliphatic rings. The third-order valence-electron chi connectivity index (χ3n) is 4.21. The fraction of sp³-hybridized carbons (Fsp3) is 0.278. The van der Waals surface area contributed by atoms with Gasteiger partial charge in [-0.15, -0.1) is 0 Å². The molecule has 1 saturated heterocycles. The van der Waals surface area contributed by atoms with Crippen molar-refractivity contribution in [2.45, 2.75) is 0 Å². The highest BCUT2D eigenvalue weighted by molar-refractivity contribution is 6.32. The number of nitro benzene ring substituents is 1. The summed E-state index contributed by atoms with van der Waals surface area (Å²) in [5, 5.41) is 13.8. The van der Waals surface area contributed by atoms with Gasteiger partial charge >= 0.3 is 0 Å². The molecule has 0 saturated carbocycles. The van der Waals surface area contributed by atoms with Crippen LogP contribution < -0.4 is 15.0 Å². The van der Waals surface area contributed by atoms with Crippen molar-refractivity contribution in [3.8, 4) is 5.75 Å². The Balaban J connectivity index is 1.90. The van der Waals surface area contributed by atoms with Crippen LogP contribution in [0.1, 0.15) is 10.4 Å². The van der Waals surface area contributed by atoms with E-state index in [0.29, 0.717) is 37.7 Å². The summed E-state index contributed by atoms with van der Waals surface area (Å²) >= 11 is 5.81. The predicted molar refractivity (Wildman–Crippen MR) is 102 cm³/mol. The van der Waals surface area contributed by atoms with E-state index < -0.39 is 10.8 Å². The van der Waals surface area contributed by atoms with Gasteiger partial charge in [0.2, 0.25) is 0 Å². The summed E-state index contributed by atoms with van der Waals surface area (Å²) in [5.41, 5.74) is 1.21. The van der Waals surface area contributed by atoms with Crippen molar-refractivity contribution >= 4 is 34.6 Å². The molecule has 27 heavy (non-hydrogen) atoms. The Kier molecular flexibility index (Phi) is 5.78. The van der Waals surface area contributed by atoms with Gasteiger partial charge in [0.1, 0.15) is 10.8 Å². The maximum Gasteiger partial charge on any atom is 0.288 e. The molecule has 1 heterocycles. The van der Waals surface area contributed by atoms with Crippen molar-refractivity contribution < 1.29 is 19.2 Å². The van der Waals surface area contributed by atoms with E-state index in [1.54, 1.807) is 6.07 Å². The molecule has 0 spiro atoms. The lowest BCUT2D eigenvalue weighted by Crippen LogP contribution is -2.36. The number of rotatable bonds is 5. The molecule has 8 nitrogen and oxygen atoms in total. The molecule has 0 aromatic heterocycles. The van der Waals surface area contributed by atoms with Crippen molar-refractivity contribution in [2.24, 2.45) is 0 Å². The van der Waals surface area contributed by atoms with E-state index in [4.69, 9.17) is 21.1 Å². The summed E-state index contributed by atoms with van der Waals surface area (Å²) in [4.78, 5) is 25.2. The number of carbonyl (C=O) groups is 1. The zero-order chi connectivity index (χ0) is 19.4. The molecule has 0 radical (unpaired) electrons. The van der Waals surface area contributed by atoms with Gasteiger partial charge in [0.15, 0.2) is 0 Å².